The number of pyridine rings is 1. The van der Waals surface area contributed by atoms with E-state index >= 15 is 0 Å². The molecule has 1 aromatic heterocycles. The molecule has 0 bridgehead atoms. The molecule has 15 heavy (non-hydrogen) atoms. The molecule has 1 atom stereocenters. The Hall–Kier alpha value is -0.850. The van der Waals surface area contributed by atoms with Crippen LogP contribution in [0.15, 0.2) is 17.2 Å². The van der Waals surface area contributed by atoms with Crippen molar-refractivity contribution in [2.45, 2.75) is 17.2 Å². The lowest BCUT2D eigenvalue weighted by atomic mass is 10.4. The minimum absolute atomic E-state index is 0.0734. The molecule has 1 heterocycles. The number of halogens is 1. The third-order valence-corrected chi connectivity index (χ3v) is 2.86. The van der Waals surface area contributed by atoms with Crippen molar-refractivity contribution in [1.82, 2.24) is 4.98 Å². The van der Waals surface area contributed by atoms with Crippen molar-refractivity contribution in [3.63, 3.8) is 0 Å². The summed E-state index contributed by atoms with van der Waals surface area (Å²) in [6.07, 6.45) is 0. The summed E-state index contributed by atoms with van der Waals surface area (Å²) in [5.41, 5.74) is -0.0929. The molecule has 0 radical (unpaired) electrons. The van der Waals surface area contributed by atoms with E-state index in [2.05, 4.69) is 4.98 Å². The van der Waals surface area contributed by atoms with Gasteiger partial charge in [0.25, 0.3) is 0 Å². The average molecular weight is 249 g/mol. The number of aromatic nitrogens is 1. The van der Waals surface area contributed by atoms with Gasteiger partial charge >= 0.3 is 5.69 Å². The first-order chi connectivity index (χ1) is 7.04. The van der Waals surface area contributed by atoms with Crippen molar-refractivity contribution >= 4 is 29.1 Å². The first kappa shape index (κ1) is 12.2. The van der Waals surface area contributed by atoms with E-state index in [0.29, 0.717) is 0 Å². The molecule has 5 nitrogen and oxygen atoms in total. The Bertz CT molecular complexity index is 375. The van der Waals surface area contributed by atoms with Gasteiger partial charge in [0.15, 0.2) is 5.03 Å². The summed E-state index contributed by atoms with van der Waals surface area (Å²) in [5.74, 6) is 0. The second kappa shape index (κ2) is 5.29. The summed E-state index contributed by atoms with van der Waals surface area (Å²) in [6, 6.07) is 2.68. The van der Waals surface area contributed by atoms with Gasteiger partial charge in [0.05, 0.1) is 11.5 Å². The molecule has 0 aromatic carbocycles. The summed E-state index contributed by atoms with van der Waals surface area (Å²) in [6.45, 7) is 1.67. The molecule has 1 rings (SSSR count). The van der Waals surface area contributed by atoms with Crippen LogP contribution in [0.5, 0.6) is 0 Å². The van der Waals surface area contributed by atoms with Gasteiger partial charge in [0.1, 0.15) is 5.15 Å². The molecule has 0 saturated heterocycles. The summed E-state index contributed by atoms with van der Waals surface area (Å²) in [7, 11) is 0. The Morgan fingerprint density at radius 2 is 2.40 bits per heavy atom. The number of thioether (sulfide) groups is 1. The lowest BCUT2D eigenvalue weighted by Crippen LogP contribution is -2.04. The summed E-state index contributed by atoms with van der Waals surface area (Å²) >= 11 is 6.76. The van der Waals surface area contributed by atoms with Crippen LogP contribution in [0.25, 0.3) is 0 Å². The highest BCUT2D eigenvalue weighted by Gasteiger charge is 2.18. The Kier molecular flexibility index (Phi) is 4.31. The molecule has 1 N–H and O–H groups in total. The van der Waals surface area contributed by atoms with Crippen molar-refractivity contribution in [1.29, 1.82) is 0 Å². The van der Waals surface area contributed by atoms with Gasteiger partial charge in [-0.05, 0) is 6.07 Å². The van der Waals surface area contributed by atoms with Crippen molar-refractivity contribution in [3.05, 3.63) is 27.4 Å². The maximum absolute atomic E-state index is 10.6. The molecule has 0 spiro atoms. The number of hydrogen-bond acceptors (Lipinski definition) is 5. The Morgan fingerprint density at radius 3 is 2.93 bits per heavy atom. The van der Waals surface area contributed by atoms with Crippen LogP contribution in [0.4, 0.5) is 5.69 Å². The quantitative estimate of drug-likeness (QED) is 0.382. The zero-order valence-electron chi connectivity index (χ0n) is 7.88. The topological polar surface area (TPSA) is 76.3 Å². The fourth-order valence-corrected chi connectivity index (χ4v) is 1.93. The molecule has 1 aromatic rings. The van der Waals surface area contributed by atoms with E-state index in [1.165, 1.54) is 12.1 Å². The average Bonchev–Trinajstić information content (AvgIpc) is 2.17. The van der Waals surface area contributed by atoms with Gasteiger partial charge in [-0.2, -0.15) is 0 Å². The second-order valence-corrected chi connectivity index (χ2v) is 4.64. The number of hydrogen-bond donors (Lipinski definition) is 1. The van der Waals surface area contributed by atoms with Gasteiger partial charge in [-0.25, -0.2) is 4.98 Å². The Labute approximate surface area is 95.6 Å². The molecule has 0 aliphatic rings. The van der Waals surface area contributed by atoms with E-state index in [-0.39, 0.29) is 27.7 Å². The predicted octanol–water partition coefficient (Wildman–Crippen LogP) is 2.12. The van der Waals surface area contributed by atoms with Gasteiger partial charge in [-0.15, -0.1) is 0 Å². The van der Waals surface area contributed by atoms with E-state index < -0.39 is 4.92 Å². The minimum atomic E-state index is -0.518. The summed E-state index contributed by atoms with van der Waals surface area (Å²) in [5, 5.41) is 19.8. The van der Waals surface area contributed by atoms with Crippen molar-refractivity contribution in [2.24, 2.45) is 0 Å². The fraction of sp³-hybridized carbons (Fsp3) is 0.375. The molecule has 0 fully saturated rings. The summed E-state index contributed by atoms with van der Waals surface area (Å²) in [4.78, 5) is 14.0. The number of aliphatic hydroxyl groups is 1. The fourth-order valence-electron chi connectivity index (χ4n) is 0.864. The second-order valence-electron chi connectivity index (χ2n) is 2.83. The number of aliphatic hydroxyl groups excluding tert-OH is 1. The van der Waals surface area contributed by atoms with Crippen molar-refractivity contribution in [2.75, 3.05) is 6.61 Å². The highest BCUT2D eigenvalue weighted by molar-refractivity contribution is 8.00. The lowest BCUT2D eigenvalue weighted by Gasteiger charge is -2.06. The van der Waals surface area contributed by atoms with Crippen LogP contribution in [0.3, 0.4) is 0 Å². The minimum Gasteiger partial charge on any atom is -0.395 e. The van der Waals surface area contributed by atoms with Gasteiger partial charge in [-0.1, -0.05) is 30.3 Å². The third kappa shape index (κ3) is 3.33. The van der Waals surface area contributed by atoms with Crippen LogP contribution in [-0.4, -0.2) is 26.9 Å². The summed E-state index contributed by atoms with van der Waals surface area (Å²) < 4.78 is 0. The van der Waals surface area contributed by atoms with Crippen LogP contribution in [0.2, 0.25) is 5.15 Å². The normalized spacial score (nSPS) is 12.5. The molecule has 7 heteroatoms. The monoisotopic (exact) mass is 248 g/mol. The van der Waals surface area contributed by atoms with Crippen LogP contribution in [0.1, 0.15) is 6.92 Å². The highest BCUT2D eigenvalue weighted by Crippen LogP contribution is 2.31. The first-order valence-corrected chi connectivity index (χ1v) is 5.38. The van der Waals surface area contributed by atoms with Crippen LogP contribution in [-0.2, 0) is 0 Å². The molecule has 0 aliphatic carbocycles. The number of nitro groups is 1. The van der Waals surface area contributed by atoms with E-state index in [0.717, 1.165) is 11.8 Å². The van der Waals surface area contributed by atoms with Crippen molar-refractivity contribution < 1.29 is 10.0 Å². The maximum Gasteiger partial charge on any atom is 0.301 e. The zero-order valence-corrected chi connectivity index (χ0v) is 9.46. The van der Waals surface area contributed by atoms with Gasteiger partial charge in [-0.3, -0.25) is 10.1 Å². The number of rotatable bonds is 4. The largest absolute Gasteiger partial charge is 0.395 e. The molecular weight excluding hydrogens is 240 g/mol. The first-order valence-electron chi connectivity index (χ1n) is 4.13. The standard InChI is InChI=1S/C8H9ClN2O3S/c1-5(4-12)15-8-6(11(13)14)2-3-7(9)10-8/h2-3,5,12H,4H2,1H3. The van der Waals surface area contributed by atoms with Gasteiger partial charge < -0.3 is 5.11 Å². The Balaban J connectivity index is 3.02. The molecule has 0 saturated carbocycles. The highest BCUT2D eigenvalue weighted by atomic mass is 35.5. The zero-order chi connectivity index (χ0) is 11.4. The van der Waals surface area contributed by atoms with E-state index in [1.807, 2.05) is 0 Å². The maximum atomic E-state index is 10.6. The van der Waals surface area contributed by atoms with E-state index in [4.69, 9.17) is 16.7 Å². The molecular formula is C8H9ClN2O3S. The SMILES string of the molecule is CC(CO)Sc1nc(Cl)ccc1[N+](=O)[O-]. The van der Waals surface area contributed by atoms with Crippen LogP contribution >= 0.6 is 23.4 Å². The number of nitrogens with zero attached hydrogens (tertiary/aromatic N) is 2. The molecule has 0 aliphatic heterocycles. The lowest BCUT2D eigenvalue weighted by molar-refractivity contribution is -0.388. The van der Waals surface area contributed by atoms with Crippen LogP contribution in [0, 0.1) is 10.1 Å². The van der Waals surface area contributed by atoms with E-state index in [1.54, 1.807) is 6.92 Å². The third-order valence-electron chi connectivity index (χ3n) is 1.57. The van der Waals surface area contributed by atoms with Crippen molar-refractivity contribution in [3.8, 4) is 0 Å². The molecule has 82 valence electrons. The Morgan fingerprint density at radius 1 is 1.73 bits per heavy atom. The predicted molar refractivity (Wildman–Crippen MR) is 58.3 cm³/mol. The molecule has 1 unspecified atom stereocenters. The molecule has 0 amide bonds. The van der Waals surface area contributed by atoms with Crippen LogP contribution < -0.4 is 0 Å². The van der Waals surface area contributed by atoms with Gasteiger partial charge in [0.2, 0.25) is 0 Å². The van der Waals surface area contributed by atoms with Gasteiger partial charge in [0, 0.05) is 11.3 Å². The van der Waals surface area contributed by atoms with E-state index in [9.17, 15) is 10.1 Å². The smallest absolute Gasteiger partial charge is 0.301 e.